The van der Waals surface area contributed by atoms with E-state index >= 15 is 0 Å². The standard InChI is InChI=1S/C26H27N3/c27-17-19-8-11-26-24(15-19)23-14-18(7-10-25(23)29-26)6-9-22-16-21(12-13-28-22)20-4-2-1-3-5-20/h1-5,8,11-12,15,18,22,28-29H,6-7,9-10,13-14,16H2. The lowest BCUT2D eigenvalue weighted by molar-refractivity contribution is 0.374. The molecular formula is C26H27N3. The van der Waals surface area contributed by atoms with Gasteiger partial charge < -0.3 is 10.3 Å². The van der Waals surface area contributed by atoms with Gasteiger partial charge in [-0.05, 0) is 79.3 Å². The van der Waals surface area contributed by atoms with Gasteiger partial charge in [0.05, 0.1) is 11.6 Å². The van der Waals surface area contributed by atoms with Crippen molar-refractivity contribution in [1.82, 2.24) is 10.3 Å². The first-order valence-electron chi connectivity index (χ1n) is 10.8. The molecule has 2 unspecified atom stereocenters. The van der Waals surface area contributed by atoms with Gasteiger partial charge in [-0.25, -0.2) is 0 Å². The number of nitrogens with zero attached hydrogens (tertiary/aromatic N) is 1. The van der Waals surface area contributed by atoms with Crippen LogP contribution in [-0.2, 0) is 12.8 Å². The predicted octanol–water partition coefficient (Wildman–Crippen LogP) is 5.37. The summed E-state index contributed by atoms with van der Waals surface area (Å²) in [6.07, 6.45) is 9.50. The van der Waals surface area contributed by atoms with Crippen molar-refractivity contribution < 1.29 is 0 Å². The highest BCUT2D eigenvalue weighted by Gasteiger charge is 2.24. The summed E-state index contributed by atoms with van der Waals surface area (Å²) in [5.74, 6) is 0.736. The van der Waals surface area contributed by atoms with E-state index in [9.17, 15) is 5.26 Å². The Balaban J connectivity index is 1.24. The molecule has 5 rings (SSSR count). The van der Waals surface area contributed by atoms with Crippen molar-refractivity contribution in [3.05, 3.63) is 77.0 Å². The summed E-state index contributed by atoms with van der Waals surface area (Å²) in [6.45, 7) is 0.975. The second-order valence-corrected chi connectivity index (χ2v) is 8.55. The molecule has 3 nitrogen and oxygen atoms in total. The van der Waals surface area contributed by atoms with Crippen LogP contribution < -0.4 is 5.32 Å². The van der Waals surface area contributed by atoms with Crippen LogP contribution in [0, 0.1) is 17.2 Å². The molecule has 146 valence electrons. The molecule has 2 N–H and O–H groups in total. The largest absolute Gasteiger partial charge is 0.358 e. The van der Waals surface area contributed by atoms with Gasteiger partial charge in [-0.2, -0.15) is 5.26 Å². The molecule has 2 atom stereocenters. The molecule has 1 aliphatic carbocycles. The average Bonchev–Trinajstić information content (AvgIpc) is 3.15. The number of aromatic amines is 1. The van der Waals surface area contributed by atoms with Crippen molar-refractivity contribution >= 4 is 16.5 Å². The minimum atomic E-state index is 0.574. The summed E-state index contributed by atoms with van der Waals surface area (Å²) in [7, 11) is 0. The Morgan fingerprint density at radius 1 is 1.03 bits per heavy atom. The van der Waals surface area contributed by atoms with Gasteiger partial charge in [0.25, 0.3) is 0 Å². The zero-order chi connectivity index (χ0) is 19.6. The maximum absolute atomic E-state index is 9.25. The highest BCUT2D eigenvalue weighted by atomic mass is 14.9. The van der Waals surface area contributed by atoms with Crippen LogP contribution in [0.1, 0.15) is 48.1 Å². The fraction of sp³-hybridized carbons (Fsp3) is 0.346. The number of aryl methyl sites for hydroxylation is 1. The lowest BCUT2D eigenvalue weighted by Crippen LogP contribution is -2.33. The van der Waals surface area contributed by atoms with E-state index in [1.165, 1.54) is 52.6 Å². The molecule has 3 aromatic rings. The number of H-pyrrole nitrogens is 1. The number of hydrogen-bond acceptors (Lipinski definition) is 2. The zero-order valence-corrected chi connectivity index (χ0v) is 16.7. The van der Waals surface area contributed by atoms with Crippen LogP contribution in [0.25, 0.3) is 16.5 Å². The summed E-state index contributed by atoms with van der Waals surface area (Å²) < 4.78 is 0. The lowest BCUT2D eigenvalue weighted by Gasteiger charge is -2.28. The number of rotatable bonds is 4. The minimum absolute atomic E-state index is 0.574. The topological polar surface area (TPSA) is 51.6 Å². The van der Waals surface area contributed by atoms with Crippen LogP contribution in [0.3, 0.4) is 0 Å². The van der Waals surface area contributed by atoms with Crippen LogP contribution in [-0.4, -0.2) is 17.6 Å². The van der Waals surface area contributed by atoms with Gasteiger partial charge in [-0.1, -0.05) is 36.4 Å². The number of nitriles is 1. The van der Waals surface area contributed by atoms with Gasteiger partial charge in [-0.3, -0.25) is 0 Å². The van der Waals surface area contributed by atoms with Crippen LogP contribution >= 0.6 is 0 Å². The summed E-state index contributed by atoms with van der Waals surface area (Å²) in [5.41, 5.74) is 7.63. The third-order valence-electron chi connectivity index (χ3n) is 6.71. The average molecular weight is 382 g/mol. The van der Waals surface area contributed by atoms with Crippen molar-refractivity contribution in [2.45, 2.75) is 44.6 Å². The number of benzene rings is 2. The highest BCUT2D eigenvalue weighted by Crippen LogP contribution is 2.35. The van der Waals surface area contributed by atoms with E-state index in [0.29, 0.717) is 6.04 Å². The van der Waals surface area contributed by atoms with E-state index in [1.807, 2.05) is 6.07 Å². The van der Waals surface area contributed by atoms with Crippen LogP contribution in [0.5, 0.6) is 0 Å². The van der Waals surface area contributed by atoms with Gasteiger partial charge in [0.1, 0.15) is 0 Å². The molecule has 2 heterocycles. The normalized spacial score (nSPS) is 21.4. The summed E-state index contributed by atoms with van der Waals surface area (Å²) in [5, 5.41) is 14.2. The predicted molar refractivity (Wildman–Crippen MR) is 119 cm³/mol. The summed E-state index contributed by atoms with van der Waals surface area (Å²) in [4.78, 5) is 3.59. The Morgan fingerprint density at radius 2 is 1.93 bits per heavy atom. The maximum atomic E-state index is 9.25. The van der Waals surface area contributed by atoms with Gasteiger partial charge in [0.2, 0.25) is 0 Å². The molecular weight excluding hydrogens is 354 g/mol. The molecule has 1 aliphatic heterocycles. The van der Waals surface area contributed by atoms with E-state index in [-0.39, 0.29) is 0 Å². The molecule has 0 bridgehead atoms. The molecule has 1 aromatic heterocycles. The van der Waals surface area contributed by atoms with Crippen LogP contribution in [0.2, 0.25) is 0 Å². The van der Waals surface area contributed by atoms with E-state index in [1.54, 1.807) is 0 Å². The third kappa shape index (κ3) is 3.73. The molecule has 3 heteroatoms. The first-order chi connectivity index (χ1) is 14.3. The third-order valence-corrected chi connectivity index (χ3v) is 6.71. The fourth-order valence-corrected chi connectivity index (χ4v) is 5.10. The van der Waals surface area contributed by atoms with Crippen LogP contribution in [0.4, 0.5) is 0 Å². The first-order valence-corrected chi connectivity index (χ1v) is 10.8. The Bertz CT molecular complexity index is 1080. The maximum Gasteiger partial charge on any atom is 0.0991 e. The molecule has 29 heavy (non-hydrogen) atoms. The summed E-state index contributed by atoms with van der Waals surface area (Å²) >= 11 is 0. The number of hydrogen-bond donors (Lipinski definition) is 2. The SMILES string of the molecule is N#Cc1ccc2[nH]c3c(c2c1)CC(CCC1CC(c2ccccc2)=CCN1)CC3. The quantitative estimate of drug-likeness (QED) is 0.638. The van der Waals surface area contributed by atoms with Gasteiger partial charge >= 0.3 is 0 Å². The Morgan fingerprint density at radius 3 is 2.79 bits per heavy atom. The van der Waals surface area contributed by atoms with Crippen molar-refractivity contribution in [3.8, 4) is 6.07 Å². The monoisotopic (exact) mass is 381 g/mol. The Hall–Kier alpha value is -2.83. The molecule has 2 aliphatic rings. The second-order valence-electron chi connectivity index (χ2n) is 8.55. The molecule has 0 fully saturated rings. The van der Waals surface area contributed by atoms with Crippen molar-refractivity contribution in [2.75, 3.05) is 6.54 Å². The van der Waals surface area contributed by atoms with E-state index in [2.05, 4.69) is 64.9 Å². The van der Waals surface area contributed by atoms with E-state index in [0.717, 1.165) is 37.3 Å². The van der Waals surface area contributed by atoms with E-state index < -0.39 is 0 Å². The molecule has 0 radical (unpaired) electrons. The molecule has 0 saturated carbocycles. The molecule has 0 amide bonds. The molecule has 0 saturated heterocycles. The minimum Gasteiger partial charge on any atom is -0.358 e. The Labute approximate surface area is 172 Å². The van der Waals surface area contributed by atoms with Crippen molar-refractivity contribution in [2.24, 2.45) is 5.92 Å². The Kier molecular flexibility index (Phi) is 4.96. The number of aromatic nitrogens is 1. The van der Waals surface area contributed by atoms with E-state index in [4.69, 9.17) is 0 Å². The number of fused-ring (bicyclic) bond motifs is 3. The van der Waals surface area contributed by atoms with Gasteiger partial charge in [0.15, 0.2) is 0 Å². The van der Waals surface area contributed by atoms with Crippen LogP contribution in [0.15, 0.2) is 54.6 Å². The number of nitrogens with one attached hydrogen (secondary N) is 2. The molecule has 2 aromatic carbocycles. The first kappa shape index (κ1) is 18.2. The van der Waals surface area contributed by atoms with Crippen molar-refractivity contribution in [1.29, 1.82) is 5.26 Å². The smallest absolute Gasteiger partial charge is 0.0991 e. The molecule has 0 spiro atoms. The fourth-order valence-electron chi connectivity index (χ4n) is 5.10. The lowest BCUT2D eigenvalue weighted by atomic mass is 9.82. The van der Waals surface area contributed by atoms with Crippen molar-refractivity contribution in [3.63, 3.8) is 0 Å². The second kappa shape index (κ2) is 7.89. The zero-order valence-electron chi connectivity index (χ0n) is 16.7. The van der Waals surface area contributed by atoms with Gasteiger partial charge in [0, 0.05) is 29.2 Å². The summed E-state index contributed by atoms with van der Waals surface area (Å²) in [6, 6.07) is 19.7. The highest BCUT2D eigenvalue weighted by molar-refractivity contribution is 5.86. The van der Waals surface area contributed by atoms with Gasteiger partial charge in [-0.15, -0.1) is 0 Å².